The van der Waals surface area contributed by atoms with Gasteiger partial charge in [0.15, 0.2) is 6.29 Å². The Morgan fingerprint density at radius 3 is 2.70 bits per heavy atom. The van der Waals surface area contributed by atoms with Crippen molar-refractivity contribution in [2.45, 2.75) is 45.8 Å². The number of hydrogen-bond acceptors (Lipinski definition) is 2. The highest BCUT2D eigenvalue weighted by molar-refractivity contribution is 4.50. The minimum Gasteiger partial charge on any atom is -0.368 e. The Kier molecular flexibility index (Phi) is 6.98. The van der Waals surface area contributed by atoms with Gasteiger partial charge in [0.25, 0.3) is 0 Å². The Hall–Kier alpha value is -0.0800. The normalized spacial score (nSPS) is 13.5. The molecule has 1 N–H and O–H groups in total. The van der Waals surface area contributed by atoms with Gasteiger partial charge in [-0.2, -0.15) is 0 Å². The average Bonchev–Trinajstić information content (AvgIpc) is 1.87. The van der Waals surface area contributed by atoms with Crippen molar-refractivity contribution in [3.8, 4) is 0 Å². The fourth-order valence-corrected chi connectivity index (χ4v) is 0.685. The predicted octanol–water partition coefficient (Wildman–Crippen LogP) is 2.08. The summed E-state index contributed by atoms with van der Waals surface area (Å²) in [4.78, 5) is 0. The van der Waals surface area contributed by atoms with Crippen LogP contribution in [0.15, 0.2) is 0 Å². The molecule has 0 saturated carbocycles. The maximum absolute atomic E-state index is 8.66. The number of hydrogen-bond donors (Lipinski definition) is 1. The molecule has 0 aromatic heterocycles. The number of ether oxygens (including phenoxy) is 1. The summed E-state index contributed by atoms with van der Waals surface area (Å²) in [5.74, 6) is 0. The van der Waals surface area contributed by atoms with Crippen molar-refractivity contribution in [3.63, 3.8) is 0 Å². The van der Waals surface area contributed by atoms with E-state index in [1.165, 1.54) is 12.8 Å². The van der Waals surface area contributed by atoms with Crippen LogP contribution in [-0.2, 0) is 4.74 Å². The second-order valence-corrected chi connectivity index (χ2v) is 2.40. The molecule has 0 spiro atoms. The smallest absolute Gasteiger partial charge is 0.152 e. The van der Waals surface area contributed by atoms with E-state index in [9.17, 15) is 0 Å². The van der Waals surface area contributed by atoms with Gasteiger partial charge in [-0.15, -0.1) is 0 Å². The molecule has 0 aliphatic rings. The highest BCUT2D eigenvalue weighted by Crippen LogP contribution is 2.02. The molecule has 0 fully saturated rings. The molecule has 1 unspecified atom stereocenters. The maximum atomic E-state index is 8.66. The summed E-state index contributed by atoms with van der Waals surface area (Å²) in [7, 11) is 0. The van der Waals surface area contributed by atoms with Crippen LogP contribution in [-0.4, -0.2) is 11.4 Å². The van der Waals surface area contributed by atoms with E-state index in [4.69, 9.17) is 9.84 Å². The Labute approximate surface area is 63.2 Å². The molecule has 0 aliphatic heterocycles. The predicted molar refractivity (Wildman–Crippen MR) is 41.2 cm³/mol. The fraction of sp³-hybridized carbons (Fsp3) is 0.875. The van der Waals surface area contributed by atoms with E-state index < -0.39 is 6.29 Å². The van der Waals surface area contributed by atoms with Crippen LogP contribution in [0.2, 0.25) is 0 Å². The summed E-state index contributed by atoms with van der Waals surface area (Å²) < 4.78 is 4.82. The zero-order valence-electron chi connectivity index (χ0n) is 6.84. The van der Waals surface area contributed by atoms with E-state index in [1.807, 2.05) is 0 Å². The first-order chi connectivity index (χ1) is 4.77. The third-order valence-electron chi connectivity index (χ3n) is 1.22. The lowest BCUT2D eigenvalue weighted by molar-refractivity contribution is -0.0578. The Bertz CT molecular complexity index is 62.3. The molecule has 0 aliphatic carbocycles. The average molecular weight is 145 g/mol. The van der Waals surface area contributed by atoms with E-state index in [1.54, 1.807) is 13.5 Å². The largest absolute Gasteiger partial charge is 0.368 e. The standard InChI is InChI=1S/C8H17O2/c1-3-4-5-6-7-10-8(2)9/h7-9H,3-6H2,1-2H3. The van der Waals surface area contributed by atoms with Crippen LogP contribution in [0.5, 0.6) is 0 Å². The number of aliphatic hydroxyl groups is 1. The van der Waals surface area contributed by atoms with Crippen molar-refractivity contribution < 1.29 is 9.84 Å². The van der Waals surface area contributed by atoms with E-state index in [0.717, 1.165) is 12.8 Å². The maximum Gasteiger partial charge on any atom is 0.152 e. The molecule has 2 nitrogen and oxygen atoms in total. The Balaban J connectivity index is 2.77. The molecule has 0 amide bonds. The van der Waals surface area contributed by atoms with E-state index in [0.29, 0.717) is 0 Å². The van der Waals surface area contributed by atoms with Crippen LogP contribution in [0, 0.1) is 6.61 Å². The first kappa shape index (κ1) is 9.92. The lowest BCUT2D eigenvalue weighted by Gasteiger charge is -2.04. The van der Waals surface area contributed by atoms with Gasteiger partial charge in [0.05, 0.1) is 6.61 Å². The molecule has 2 heteroatoms. The van der Waals surface area contributed by atoms with Crippen LogP contribution in [0.1, 0.15) is 39.5 Å². The first-order valence-electron chi connectivity index (χ1n) is 3.92. The van der Waals surface area contributed by atoms with Crippen molar-refractivity contribution in [2.75, 3.05) is 0 Å². The van der Waals surface area contributed by atoms with Crippen molar-refractivity contribution in [1.82, 2.24) is 0 Å². The topological polar surface area (TPSA) is 29.5 Å². The van der Waals surface area contributed by atoms with Gasteiger partial charge in [-0.3, -0.25) is 0 Å². The van der Waals surface area contributed by atoms with Crippen LogP contribution < -0.4 is 0 Å². The van der Waals surface area contributed by atoms with Crippen LogP contribution in [0.25, 0.3) is 0 Å². The van der Waals surface area contributed by atoms with Crippen LogP contribution in [0.4, 0.5) is 0 Å². The summed E-state index contributed by atoms with van der Waals surface area (Å²) in [5, 5.41) is 8.66. The lowest BCUT2D eigenvalue weighted by atomic mass is 10.2. The van der Waals surface area contributed by atoms with Crippen molar-refractivity contribution in [1.29, 1.82) is 0 Å². The van der Waals surface area contributed by atoms with E-state index >= 15 is 0 Å². The molecule has 10 heavy (non-hydrogen) atoms. The highest BCUT2D eigenvalue weighted by Gasteiger charge is 1.93. The summed E-state index contributed by atoms with van der Waals surface area (Å²) in [6, 6.07) is 0. The molecule has 0 rings (SSSR count). The van der Waals surface area contributed by atoms with E-state index in [-0.39, 0.29) is 0 Å². The van der Waals surface area contributed by atoms with Gasteiger partial charge in [-0.1, -0.05) is 26.2 Å². The van der Waals surface area contributed by atoms with E-state index in [2.05, 4.69) is 6.92 Å². The van der Waals surface area contributed by atoms with Crippen molar-refractivity contribution in [3.05, 3.63) is 6.61 Å². The molecule has 0 aromatic carbocycles. The zero-order valence-corrected chi connectivity index (χ0v) is 6.84. The molecule has 0 saturated heterocycles. The third-order valence-corrected chi connectivity index (χ3v) is 1.22. The SMILES string of the molecule is CCCCC[CH]OC(C)O. The first-order valence-corrected chi connectivity index (χ1v) is 3.92. The molecule has 0 aromatic rings. The summed E-state index contributed by atoms with van der Waals surface area (Å²) >= 11 is 0. The second-order valence-electron chi connectivity index (χ2n) is 2.40. The minimum atomic E-state index is -0.651. The molecule has 1 radical (unpaired) electrons. The monoisotopic (exact) mass is 145 g/mol. The number of unbranched alkanes of at least 4 members (excludes halogenated alkanes) is 3. The number of rotatable bonds is 6. The van der Waals surface area contributed by atoms with Crippen molar-refractivity contribution in [2.24, 2.45) is 0 Å². The molecule has 1 atom stereocenters. The van der Waals surface area contributed by atoms with Gasteiger partial charge in [-0.05, 0) is 13.3 Å². The molecular weight excluding hydrogens is 128 g/mol. The van der Waals surface area contributed by atoms with Crippen LogP contribution >= 0.6 is 0 Å². The van der Waals surface area contributed by atoms with Gasteiger partial charge in [-0.25, -0.2) is 0 Å². The zero-order chi connectivity index (χ0) is 7.82. The van der Waals surface area contributed by atoms with Crippen LogP contribution in [0.3, 0.4) is 0 Å². The Morgan fingerprint density at radius 1 is 1.50 bits per heavy atom. The lowest BCUT2D eigenvalue weighted by Crippen LogP contribution is -2.03. The summed E-state index contributed by atoms with van der Waals surface area (Å²) in [5.41, 5.74) is 0. The van der Waals surface area contributed by atoms with Crippen molar-refractivity contribution >= 4 is 0 Å². The summed E-state index contributed by atoms with van der Waals surface area (Å²) in [6.45, 7) is 5.45. The highest BCUT2D eigenvalue weighted by atomic mass is 16.6. The fourth-order valence-electron chi connectivity index (χ4n) is 0.685. The molecule has 61 valence electrons. The third kappa shape index (κ3) is 7.92. The van der Waals surface area contributed by atoms with Gasteiger partial charge in [0.2, 0.25) is 0 Å². The Morgan fingerprint density at radius 2 is 2.20 bits per heavy atom. The molecule has 0 bridgehead atoms. The molecular formula is C8H17O2. The summed E-state index contributed by atoms with van der Waals surface area (Å²) in [6.07, 6.45) is 3.91. The van der Waals surface area contributed by atoms with Gasteiger partial charge < -0.3 is 9.84 Å². The van der Waals surface area contributed by atoms with Gasteiger partial charge in [0, 0.05) is 0 Å². The van der Waals surface area contributed by atoms with Gasteiger partial charge >= 0.3 is 0 Å². The van der Waals surface area contributed by atoms with Gasteiger partial charge in [0.1, 0.15) is 0 Å². The number of aliphatic hydroxyl groups excluding tert-OH is 1. The molecule has 0 heterocycles. The minimum absolute atomic E-state index is 0.651. The second kappa shape index (κ2) is 7.03. The quantitative estimate of drug-likeness (QED) is 0.458.